The molecular formula is C19H30N2O2. The van der Waals surface area contributed by atoms with Gasteiger partial charge in [0.05, 0.1) is 6.10 Å². The van der Waals surface area contributed by atoms with Crippen molar-refractivity contribution < 1.29 is 9.90 Å². The van der Waals surface area contributed by atoms with Crippen LogP contribution in [0.25, 0.3) is 0 Å². The Labute approximate surface area is 139 Å². The predicted octanol–water partition coefficient (Wildman–Crippen LogP) is 3.20. The molecule has 0 spiro atoms. The lowest BCUT2D eigenvalue weighted by atomic mass is 9.86. The average molecular weight is 318 g/mol. The third kappa shape index (κ3) is 5.87. The van der Waals surface area contributed by atoms with Gasteiger partial charge in [-0.1, -0.05) is 43.2 Å². The van der Waals surface area contributed by atoms with Gasteiger partial charge < -0.3 is 15.3 Å². The summed E-state index contributed by atoms with van der Waals surface area (Å²) < 4.78 is 0. The van der Waals surface area contributed by atoms with Crippen LogP contribution in [0, 0.1) is 5.92 Å². The fourth-order valence-corrected chi connectivity index (χ4v) is 3.26. The lowest BCUT2D eigenvalue weighted by Crippen LogP contribution is -2.45. The van der Waals surface area contributed by atoms with Crippen molar-refractivity contribution in [2.45, 2.75) is 57.6 Å². The maximum atomic E-state index is 12.3. The van der Waals surface area contributed by atoms with Crippen molar-refractivity contribution in [1.29, 1.82) is 0 Å². The number of nitrogens with one attached hydrogen (secondary N) is 1. The number of benzene rings is 1. The summed E-state index contributed by atoms with van der Waals surface area (Å²) in [6.07, 6.45) is 5.78. The molecule has 0 saturated heterocycles. The average Bonchev–Trinajstić information content (AvgIpc) is 2.56. The number of hydrogen-bond acceptors (Lipinski definition) is 2. The van der Waals surface area contributed by atoms with Crippen molar-refractivity contribution in [3.05, 3.63) is 35.9 Å². The summed E-state index contributed by atoms with van der Waals surface area (Å²) in [7, 11) is 1.82. The quantitative estimate of drug-likeness (QED) is 0.846. The highest BCUT2D eigenvalue weighted by Gasteiger charge is 2.25. The van der Waals surface area contributed by atoms with Gasteiger partial charge in [-0.2, -0.15) is 0 Å². The molecule has 2 rings (SSSR count). The van der Waals surface area contributed by atoms with Gasteiger partial charge in [0.25, 0.3) is 0 Å². The molecule has 2 N–H and O–H groups in total. The summed E-state index contributed by atoms with van der Waals surface area (Å²) in [6, 6.07) is 10.4. The highest BCUT2D eigenvalue weighted by molar-refractivity contribution is 5.74. The zero-order chi connectivity index (χ0) is 16.7. The maximum Gasteiger partial charge on any atom is 0.317 e. The molecule has 3 unspecified atom stereocenters. The Morgan fingerprint density at radius 2 is 2.00 bits per heavy atom. The van der Waals surface area contributed by atoms with Crippen LogP contribution in [-0.2, 0) is 6.42 Å². The maximum absolute atomic E-state index is 12.3. The van der Waals surface area contributed by atoms with E-state index in [-0.39, 0.29) is 24.1 Å². The topological polar surface area (TPSA) is 52.6 Å². The Balaban J connectivity index is 1.71. The number of rotatable bonds is 6. The monoisotopic (exact) mass is 318 g/mol. The van der Waals surface area contributed by atoms with Crippen LogP contribution in [0.4, 0.5) is 4.79 Å². The number of hydrogen-bond donors (Lipinski definition) is 2. The highest BCUT2D eigenvalue weighted by atomic mass is 16.3. The van der Waals surface area contributed by atoms with Crippen LogP contribution < -0.4 is 5.32 Å². The molecule has 0 heterocycles. The standard InChI is InChI=1S/C19H30N2O2/c1-15(12-13-16-8-4-3-5-9-16)20-19(23)21(2)14-17-10-6-7-11-18(17)22/h3-5,8-9,15,17-18,22H,6-7,10-14H2,1-2H3,(H,20,23). The normalized spacial score (nSPS) is 22.4. The van der Waals surface area contributed by atoms with Crippen molar-refractivity contribution in [3.8, 4) is 0 Å². The number of amides is 2. The lowest BCUT2D eigenvalue weighted by molar-refractivity contribution is 0.0563. The summed E-state index contributed by atoms with van der Waals surface area (Å²) in [5.41, 5.74) is 1.30. The Morgan fingerprint density at radius 1 is 1.30 bits per heavy atom. The summed E-state index contributed by atoms with van der Waals surface area (Å²) in [6.45, 7) is 2.68. The van der Waals surface area contributed by atoms with Gasteiger partial charge >= 0.3 is 6.03 Å². The fourth-order valence-electron chi connectivity index (χ4n) is 3.26. The summed E-state index contributed by atoms with van der Waals surface area (Å²) >= 11 is 0. The molecule has 23 heavy (non-hydrogen) atoms. The molecule has 4 nitrogen and oxygen atoms in total. The van der Waals surface area contributed by atoms with Gasteiger partial charge in [0.15, 0.2) is 0 Å². The molecule has 1 saturated carbocycles. The molecule has 0 aromatic heterocycles. The second-order valence-corrected chi connectivity index (χ2v) is 6.87. The van der Waals surface area contributed by atoms with E-state index in [1.165, 1.54) is 5.56 Å². The molecule has 1 aliphatic carbocycles. The van der Waals surface area contributed by atoms with E-state index in [0.29, 0.717) is 6.54 Å². The van der Waals surface area contributed by atoms with Gasteiger partial charge in [-0.15, -0.1) is 0 Å². The van der Waals surface area contributed by atoms with E-state index in [1.807, 2.05) is 32.2 Å². The summed E-state index contributed by atoms with van der Waals surface area (Å²) in [4.78, 5) is 14.0. The minimum Gasteiger partial charge on any atom is -0.393 e. The largest absolute Gasteiger partial charge is 0.393 e. The number of aliphatic hydroxyl groups excluding tert-OH is 1. The molecule has 128 valence electrons. The first-order valence-corrected chi connectivity index (χ1v) is 8.80. The van der Waals surface area contributed by atoms with Crippen LogP contribution in [0.1, 0.15) is 44.6 Å². The van der Waals surface area contributed by atoms with E-state index in [4.69, 9.17) is 0 Å². The summed E-state index contributed by atoms with van der Waals surface area (Å²) in [5.74, 6) is 0.221. The second kappa shape index (κ2) is 8.92. The molecule has 0 radical (unpaired) electrons. The first-order valence-electron chi connectivity index (χ1n) is 8.80. The van der Waals surface area contributed by atoms with Crippen molar-refractivity contribution in [1.82, 2.24) is 10.2 Å². The van der Waals surface area contributed by atoms with E-state index in [0.717, 1.165) is 38.5 Å². The SMILES string of the molecule is CC(CCc1ccccc1)NC(=O)N(C)CC1CCCCC1O. The zero-order valence-corrected chi connectivity index (χ0v) is 14.4. The molecule has 0 aliphatic heterocycles. The Kier molecular flexibility index (Phi) is 6.90. The zero-order valence-electron chi connectivity index (χ0n) is 14.4. The Hall–Kier alpha value is -1.55. The predicted molar refractivity (Wildman–Crippen MR) is 93.4 cm³/mol. The van der Waals surface area contributed by atoms with Gasteiger partial charge in [-0.05, 0) is 38.2 Å². The van der Waals surface area contributed by atoms with Gasteiger partial charge in [-0.25, -0.2) is 4.79 Å². The van der Waals surface area contributed by atoms with Crippen molar-refractivity contribution >= 4 is 6.03 Å². The minimum absolute atomic E-state index is 0.0386. The molecule has 2 amide bonds. The molecule has 4 heteroatoms. The van der Waals surface area contributed by atoms with E-state index in [2.05, 4.69) is 17.4 Å². The van der Waals surface area contributed by atoms with E-state index in [1.54, 1.807) is 4.90 Å². The van der Waals surface area contributed by atoms with Crippen molar-refractivity contribution in [3.63, 3.8) is 0 Å². The first-order chi connectivity index (χ1) is 11.1. The molecule has 1 aromatic carbocycles. The number of carbonyl (C=O) groups is 1. The minimum atomic E-state index is -0.255. The number of aliphatic hydroxyl groups is 1. The van der Waals surface area contributed by atoms with Crippen molar-refractivity contribution in [2.24, 2.45) is 5.92 Å². The number of urea groups is 1. The summed E-state index contributed by atoms with van der Waals surface area (Å²) in [5, 5.41) is 13.1. The smallest absolute Gasteiger partial charge is 0.317 e. The molecule has 1 fully saturated rings. The first kappa shape index (κ1) is 17.8. The van der Waals surface area contributed by atoms with Gasteiger partial charge in [0, 0.05) is 25.6 Å². The second-order valence-electron chi connectivity index (χ2n) is 6.87. The lowest BCUT2D eigenvalue weighted by Gasteiger charge is -2.31. The molecule has 0 bridgehead atoms. The van der Waals surface area contributed by atoms with Crippen LogP contribution in [0.3, 0.4) is 0 Å². The highest BCUT2D eigenvalue weighted by Crippen LogP contribution is 2.24. The molecule has 1 aromatic rings. The number of carbonyl (C=O) groups excluding carboxylic acids is 1. The van der Waals surface area contributed by atoms with Gasteiger partial charge in [0.2, 0.25) is 0 Å². The number of nitrogens with zero attached hydrogens (tertiary/aromatic N) is 1. The number of aryl methyl sites for hydroxylation is 1. The third-order valence-corrected chi connectivity index (χ3v) is 4.80. The Bertz CT molecular complexity index is 478. The van der Waals surface area contributed by atoms with Crippen LogP contribution in [0.5, 0.6) is 0 Å². The van der Waals surface area contributed by atoms with E-state index in [9.17, 15) is 9.90 Å². The van der Waals surface area contributed by atoms with Gasteiger partial charge in [-0.3, -0.25) is 0 Å². The van der Waals surface area contributed by atoms with Crippen LogP contribution in [-0.4, -0.2) is 41.8 Å². The van der Waals surface area contributed by atoms with Gasteiger partial charge in [0.1, 0.15) is 0 Å². The fraction of sp³-hybridized carbons (Fsp3) is 0.632. The van der Waals surface area contributed by atoms with Crippen LogP contribution in [0.2, 0.25) is 0 Å². The molecule has 1 aliphatic rings. The van der Waals surface area contributed by atoms with Crippen LogP contribution >= 0.6 is 0 Å². The third-order valence-electron chi connectivity index (χ3n) is 4.80. The molecular weight excluding hydrogens is 288 g/mol. The van der Waals surface area contributed by atoms with E-state index < -0.39 is 0 Å². The van der Waals surface area contributed by atoms with Crippen molar-refractivity contribution in [2.75, 3.05) is 13.6 Å². The van der Waals surface area contributed by atoms with Crippen LogP contribution in [0.15, 0.2) is 30.3 Å². The molecule has 3 atom stereocenters. The Morgan fingerprint density at radius 3 is 2.70 bits per heavy atom. The van der Waals surface area contributed by atoms with E-state index >= 15 is 0 Å².